The molecule has 0 fully saturated rings. The summed E-state index contributed by atoms with van der Waals surface area (Å²) in [5.41, 5.74) is 1.31. The first-order chi connectivity index (χ1) is 7.39. The van der Waals surface area contributed by atoms with Gasteiger partial charge in [0.05, 0.1) is 5.57 Å². The maximum atomic E-state index is 12.4. The lowest BCUT2D eigenvalue weighted by atomic mass is 10.2. The summed E-state index contributed by atoms with van der Waals surface area (Å²) in [6.07, 6.45) is -3.12. The fraction of sp³-hybridized carbons (Fsp3) is 0.250. The van der Waals surface area contributed by atoms with Crippen LogP contribution in [0.3, 0.4) is 0 Å². The first-order valence-electron chi connectivity index (χ1n) is 4.21. The summed E-state index contributed by atoms with van der Waals surface area (Å²) in [5.74, 6) is -1.16. The third-order valence-electron chi connectivity index (χ3n) is 2.10. The first kappa shape index (κ1) is 10.5. The lowest BCUT2D eigenvalue weighted by molar-refractivity contribution is -0.141. The summed E-state index contributed by atoms with van der Waals surface area (Å²) < 4.78 is 37.1. The monoisotopic (exact) mass is 233 g/mol. The Morgan fingerprint density at radius 3 is 2.75 bits per heavy atom. The van der Waals surface area contributed by atoms with E-state index in [1.807, 2.05) is 0 Å². The van der Waals surface area contributed by atoms with Crippen molar-refractivity contribution in [2.75, 3.05) is 0 Å². The van der Waals surface area contributed by atoms with Crippen molar-refractivity contribution in [1.29, 1.82) is 0 Å². The molecule has 0 aromatic rings. The van der Waals surface area contributed by atoms with Crippen LogP contribution in [0.15, 0.2) is 29.0 Å². The molecule has 0 radical (unpaired) electrons. The Morgan fingerprint density at radius 2 is 2.19 bits per heavy atom. The number of nitrogens with zero attached hydrogens (tertiary/aromatic N) is 2. The predicted octanol–water partition coefficient (Wildman–Crippen LogP) is 0.632. The van der Waals surface area contributed by atoms with Crippen LogP contribution in [0.4, 0.5) is 13.2 Å². The molecule has 0 aromatic heterocycles. The summed E-state index contributed by atoms with van der Waals surface area (Å²) in [6, 6.07) is 0. The van der Waals surface area contributed by atoms with Gasteiger partial charge in [-0.25, -0.2) is 4.79 Å². The summed E-state index contributed by atoms with van der Waals surface area (Å²) in [5, 5.41) is 12.3. The molecule has 2 aliphatic rings. The van der Waals surface area contributed by atoms with Crippen LogP contribution in [0.2, 0.25) is 0 Å². The number of allylic oxidation sites excluding steroid dienone is 2. The van der Waals surface area contributed by atoms with Gasteiger partial charge in [0, 0.05) is 6.20 Å². The summed E-state index contributed by atoms with van der Waals surface area (Å²) in [6.45, 7) is 0. The van der Waals surface area contributed by atoms with Gasteiger partial charge in [-0.3, -0.25) is 10.3 Å². The Hall–Kier alpha value is -1.99. The number of amidine groups is 1. The normalized spacial score (nSPS) is 23.4. The van der Waals surface area contributed by atoms with Crippen LogP contribution in [-0.2, 0) is 4.79 Å². The molecule has 2 rings (SSSR count). The van der Waals surface area contributed by atoms with Gasteiger partial charge in [0.1, 0.15) is 0 Å². The summed E-state index contributed by atoms with van der Waals surface area (Å²) in [7, 11) is 0. The SMILES string of the molecule is O=C(O)C1NN=C2C=CC(C(F)(F)F)=CN21. The zero-order chi connectivity index (χ0) is 11.9. The number of carbonyl (C=O) groups is 1. The van der Waals surface area contributed by atoms with Crippen molar-refractivity contribution < 1.29 is 23.1 Å². The van der Waals surface area contributed by atoms with Crippen LogP contribution in [0.5, 0.6) is 0 Å². The van der Waals surface area contributed by atoms with Gasteiger partial charge in [-0.15, -0.1) is 0 Å². The van der Waals surface area contributed by atoms with Gasteiger partial charge in [-0.2, -0.15) is 18.3 Å². The zero-order valence-corrected chi connectivity index (χ0v) is 7.69. The van der Waals surface area contributed by atoms with Crippen LogP contribution < -0.4 is 5.43 Å². The van der Waals surface area contributed by atoms with Gasteiger partial charge < -0.3 is 5.11 Å². The molecule has 2 N–H and O–H groups in total. The van der Waals surface area contributed by atoms with E-state index in [0.717, 1.165) is 23.3 Å². The third-order valence-corrected chi connectivity index (χ3v) is 2.10. The molecule has 0 aliphatic carbocycles. The second kappa shape index (κ2) is 3.26. The van der Waals surface area contributed by atoms with Gasteiger partial charge in [0.25, 0.3) is 0 Å². The maximum Gasteiger partial charge on any atom is 0.417 e. The molecule has 0 spiro atoms. The fourth-order valence-electron chi connectivity index (χ4n) is 1.34. The van der Waals surface area contributed by atoms with E-state index in [1.54, 1.807) is 0 Å². The van der Waals surface area contributed by atoms with E-state index in [4.69, 9.17) is 5.11 Å². The smallest absolute Gasteiger partial charge is 0.417 e. The topological polar surface area (TPSA) is 64.9 Å². The van der Waals surface area contributed by atoms with Crippen molar-refractivity contribution in [2.24, 2.45) is 5.10 Å². The molecule has 0 bridgehead atoms. The van der Waals surface area contributed by atoms with Crippen molar-refractivity contribution in [1.82, 2.24) is 10.3 Å². The van der Waals surface area contributed by atoms with E-state index in [2.05, 4.69) is 10.5 Å². The highest BCUT2D eigenvalue weighted by Crippen LogP contribution is 2.30. The highest BCUT2D eigenvalue weighted by atomic mass is 19.4. The quantitative estimate of drug-likeness (QED) is 0.697. The number of hydrogen-bond donors (Lipinski definition) is 2. The molecule has 5 nitrogen and oxygen atoms in total. The number of hydrazone groups is 1. The second-order valence-electron chi connectivity index (χ2n) is 3.16. The van der Waals surface area contributed by atoms with E-state index in [0.29, 0.717) is 0 Å². The molecule has 1 atom stereocenters. The van der Waals surface area contributed by atoms with Gasteiger partial charge in [0.2, 0.25) is 6.17 Å². The number of halogens is 3. The van der Waals surface area contributed by atoms with Gasteiger partial charge >= 0.3 is 12.1 Å². The van der Waals surface area contributed by atoms with Crippen molar-refractivity contribution in [3.8, 4) is 0 Å². The van der Waals surface area contributed by atoms with E-state index in [9.17, 15) is 18.0 Å². The number of hydrogen-bond acceptors (Lipinski definition) is 4. The minimum Gasteiger partial charge on any atom is -0.478 e. The highest BCUT2D eigenvalue weighted by Gasteiger charge is 2.39. The van der Waals surface area contributed by atoms with Crippen LogP contribution >= 0.6 is 0 Å². The number of nitrogens with one attached hydrogen (secondary N) is 1. The Balaban J connectivity index is 2.31. The van der Waals surface area contributed by atoms with Gasteiger partial charge in [0.15, 0.2) is 5.84 Å². The molecule has 16 heavy (non-hydrogen) atoms. The highest BCUT2D eigenvalue weighted by molar-refractivity contribution is 5.99. The predicted molar refractivity (Wildman–Crippen MR) is 47.1 cm³/mol. The average Bonchev–Trinajstić information content (AvgIpc) is 2.58. The molecule has 0 saturated heterocycles. The molecular weight excluding hydrogens is 227 g/mol. The van der Waals surface area contributed by atoms with Crippen molar-refractivity contribution in [3.05, 3.63) is 23.9 Å². The maximum absolute atomic E-state index is 12.4. The number of aliphatic carboxylic acids is 1. The van der Waals surface area contributed by atoms with E-state index >= 15 is 0 Å². The second-order valence-corrected chi connectivity index (χ2v) is 3.16. The van der Waals surface area contributed by atoms with Crippen molar-refractivity contribution in [2.45, 2.75) is 12.3 Å². The zero-order valence-electron chi connectivity index (χ0n) is 7.69. The Labute approximate surface area is 87.5 Å². The average molecular weight is 233 g/mol. The van der Waals surface area contributed by atoms with Gasteiger partial charge in [-0.05, 0) is 12.2 Å². The molecule has 8 heteroatoms. The first-order valence-corrected chi connectivity index (χ1v) is 4.21. The van der Waals surface area contributed by atoms with Crippen LogP contribution in [-0.4, -0.2) is 34.2 Å². The number of alkyl halides is 3. The molecule has 0 aromatic carbocycles. The third kappa shape index (κ3) is 1.62. The van der Waals surface area contributed by atoms with Gasteiger partial charge in [-0.1, -0.05) is 0 Å². The number of carboxylic acid groups (broad SMARTS) is 1. The molecule has 1 unspecified atom stereocenters. The Morgan fingerprint density at radius 1 is 1.50 bits per heavy atom. The van der Waals surface area contributed by atoms with Crippen LogP contribution in [0.25, 0.3) is 0 Å². The summed E-state index contributed by atoms with van der Waals surface area (Å²) >= 11 is 0. The Kier molecular flexibility index (Phi) is 2.14. The minimum atomic E-state index is -4.51. The molecule has 2 heterocycles. The fourth-order valence-corrected chi connectivity index (χ4v) is 1.34. The van der Waals surface area contributed by atoms with Crippen molar-refractivity contribution in [3.63, 3.8) is 0 Å². The minimum absolute atomic E-state index is 0.139. The summed E-state index contributed by atoms with van der Waals surface area (Å²) in [4.78, 5) is 11.6. The van der Waals surface area contributed by atoms with E-state index in [-0.39, 0.29) is 5.84 Å². The van der Waals surface area contributed by atoms with Crippen molar-refractivity contribution >= 4 is 11.8 Å². The molecule has 0 saturated carbocycles. The molecule has 0 amide bonds. The lowest BCUT2D eigenvalue weighted by Gasteiger charge is -2.23. The van der Waals surface area contributed by atoms with E-state index < -0.39 is 23.9 Å². The lowest BCUT2D eigenvalue weighted by Crippen LogP contribution is -2.43. The van der Waals surface area contributed by atoms with Crippen LogP contribution in [0, 0.1) is 0 Å². The van der Waals surface area contributed by atoms with E-state index in [1.165, 1.54) is 0 Å². The van der Waals surface area contributed by atoms with Crippen LogP contribution in [0.1, 0.15) is 0 Å². The molecule has 2 aliphatic heterocycles. The standard InChI is InChI=1S/C8H6F3N3O2/c9-8(10,11)4-1-2-5-12-13-6(7(15)16)14(5)3-4/h1-3,6,13H,(H,15,16). The number of fused-ring (bicyclic) bond motifs is 1. The largest absolute Gasteiger partial charge is 0.478 e. The number of rotatable bonds is 1. The Bertz CT molecular complexity index is 425. The molecular formula is C8H6F3N3O2. The number of carboxylic acids is 1. The molecule has 86 valence electrons.